The van der Waals surface area contributed by atoms with Crippen LogP contribution >= 0.6 is 0 Å². The topological polar surface area (TPSA) is 41.1 Å². The maximum absolute atomic E-state index is 11.5. The number of hydrogen-bond acceptors (Lipinski definition) is 2. The zero-order chi connectivity index (χ0) is 10.8. The van der Waals surface area contributed by atoms with Gasteiger partial charge in [-0.3, -0.25) is 4.79 Å². The summed E-state index contributed by atoms with van der Waals surface area (Å²) in [6, 6.07) is 0. The van der Waals surface area contributed by atoms with Crippen molar-refractivity contribution in [3.8, 4) is 0 Å². The van der Waals surface area contributed by atoms with Crippen LogP contribution in [-0.4, -0.2) is 25.5 Å². The molecule has 0 radical (unpaired) electrons. The minimum absolute atomic E-state index is 0.196. The minimum atomic E-state index is 0.196. The average Bonchev–Trinajstić information content (AvgIpc) is 2.19. The summed E-state index contributed by atoms with van der Waals surface area (Å²) in [5.41, 5.74) is 0. The first-order valence-electron chi connectivity index (χ1n) is 5.74. The number of amides is 1. The molecule has 0 aromatic carbocycles. The monoisotopic (exact) mass is 200 g/mol. The van der Waals surface area contributed by atoms with Gasteiger partial charge in [0, 0.05) is 19.0 Å². The normalized spacial score (nSPS) is 10.6. The van der Waals surface area contributed by atoms with Crippen LogP contribution in [0.4, 0.5) is 0 Å². The Morgan fingerprint density at radius 2 is 1.71 bits per heavy atom. The highest BCUT2D eigenvalue weighted by Gasteiger charge is 2.12. The first-order valence-corrected chi connectivity index (χ1v) is 5.74. The Balaban J connectivity index is 3.43. The fraction of sp³-hybridized carbons (Fsp3) is 0.909. The maximum Gasteiger partial charge on any atom is 0.223 e. The molecule has 0 aromatic heterocycles. The molecule has 0 aliphatic heterocycles. The molecule has 2 N–H and O–H groups in total. The second-order valence-corrected chi connectivity index (χ2v) is 3.55. The quantitative estimate of drug-likeness (QED) is 0.584. The van der Waals surface area contributed by atoms with Gasteiger partial charge in [0.05, 0.1) is 0 Å². The molecular formula is C11H24N2O. The number of carbonyl (C=O) groups is 1. The molecule has 0 spiro atoms. The second kappa shape index (κ2) is 9.00. The van der Waals surface area contributed by atoms with Gasteiger partial charge in [-0.05, 0) is 25.8 Å². The molecule has 14 heavy (non-hydrogen) atoms. The molecule has 0 bridgehead atoms. The van der Waals surface area contributed by atoms with Gasteiger partial charge < -0.3 is 10.6 Å². The van der Waals surface area contributed by atoms with Gasteiger partial charge in [-0.15, -0.1) is 0 Å². The smallest absolute Gasteiger partial charge is 0.223 e. The highest BCUT2D eigenvalue weighted by atomic mass is 16.1. The number of nitrogens with one attached hydrogen (secondary N) is 2. The Hall–Kier alpha value is -0.570. The second-order valence-electron chi connectivity index (χ2n) is 3.55. The molecule has 3 heteroatoms. The van der Waals surface area contributed by atoms with Crippen molar-refractivity contribution in [3.63, 3.8) is 0 Å². The van der Waals surface area contributed by atoms with Crippen molar-refractivity contribution in [2.75, 3.05) is 19.6 Å². The first kappa shape index (κ1) is 13.4. The van der Waals surface area contributed by atoms with E-state index in [0.29, 0.717) is 0 Å². The third kappa shape index (κ3) is 5.97. The molecular weight excluding hydrogens is 176 g/mol. The molecule has 0 rings (SSSR count). The van der Waals surface area contributed by atoms with E-state index in [9.17, 15) is 4.79 Å². The van der Waals surface area contributed by atoms with E-state index in [2.05, 4.69) is 31.4 Å². The Morgan fingerprint density at radius 1 is 1.07 bits per heavy atom. The van der Waals surface area contributed by atoms with Gasteiger partial charge in [0.1, 0.15) is 0 Å². The SMILES string of the molecule is CCCNCCNC(=O)C(CC)CC. The van der Waals surface area contributed by atoms with E-state index in [0.717, 1.165) is 38.9 Å². The van der Waals surface area contributed by atoms with Gasteiger partial charge in [-0.1, -0.05) is 20.8 Å². The van der Waals surface area contributed by atoms with Crippen LogP contribution in [0.1, 0.15) is 40.0 Å². The van der Waals surface area contributed by atoms with Crippen molar-refractivity contribution in [2.45, 2.75) is 40.0 Å². The summed E-state index contributed by atoms with van der Waals surface area (Å²) in [4.78, 5) is 11.5. The third-order valence-electron chi connectivity index (χ3n) is 2.38. The van der Waals surface area contributed by atoms with Gasteiger partial charge in [0.2, 0.25) is 5.91 Å². The molecule has 0 fully saturated rings. The average molecular weight is 200 g/mol. The van der Waals surface area contributed by atoms with E-state index in [-0.39, 0.29) is 11.8 Å². The predicted molar refractivity (Wildman–Crippen MR) is 60.2 cm³/mol. The molecule has 0 aromatic rings. The van der Waals surface area contributed by atoms with Crippen LogP contribution in [0.5, 0.6) is 0 Å². The Kier molecular flexibility index (Phi) is 8.64. The zero-order valence-corrected chi connectivity index (χ0v) is 9.73. The van der Waals surface area contributed by atoms with Crippen LogP contribution in [-0.2, 0) is 4.79 Å². The van der Waals surface area contributed by atoms with Gasteiger partial charge in [0.15, 0.2) is 0 Å². The van der Waals surface area contributed by atoms with E-state index in [4.69, 9.17) is 0 Å². The Morgan fingerprint density at radius 3 is 2.21 bits per heavy atom. The summed E-state index contributed by atoms with van der Waals surface area (Å²) in [6.45, 7) is 8.90. The summed E-state index contributed by atoms with van der Waals surface area (Å²) in [5, 5.41) is 6.19. The van der Waals surface area contributed by atoms with Crippen LogP contribution in [0.15, 0.2) is 0 Å². The molecule has 1 amide bonds. The lowest BCUT2D eigenvalue weighted by atomic mass is 10.0. The molecule has 0 heterocycles. The van der Waals surface area contributed by atoms with Gasteiger partial charge in [-0.2, -0.15) is 0 Å². The molecule has 0 saturated carbocycles. The van der Waals surface area contributed by atoms with Crippen molar-refractivity contribution in [1.29, 1.82) is 0 Å². The van der Waals surface area contributed by atoms with Crippen molar-refractivity contribution in [2.24, 2.45) is 5.92 Å². The molecule has 0 saturated heterocycles. The Bertz CT molecular complexity index is 144. The van der Waals surface area contributed by atoms with E-state index in [1.807, 2.05) is 0 Å². The fourth-order valence-corrected chi connectivity index (χ4v) is 1.38. The minimum Gasteiger partial charge on any atom is -0.355 e. The van der Waals surface area contributed by atoms with Crippen LogP contribution in [0.2, 0.25) is 0 Å². The fourth-order valence-electron chi connectivity index (χ4n) is 1.38. The summed E-state index contributed by atoms with van der Waals surface area (Å²) in [5.74, 6) is 0.398. The highest BCUT2D eigenvalue weighted by Crippen LogP contribution is 2.06. The summed E-state index contributed by atoms with van der Waals surface area (Å²) in [7, 11) is 0. The lowest BCUT2D eigenvalue weighted by molar-refractivity contribution is -0.125. The van der Waals surface area contributed by atoms with E-state index < -0.39 is 0 Å². The predicted octanol–water partition coefficient (Wildman–Crippen LogP) is 1.54. The van der Waals surface area contributed by atoms with Gasteiger partial charge >= 0.3 is 0 Å². The molecule has 3 nitrogen and oxygen atoms in total. The maximum atomic E-state index is 11.5. The summed E-state index contributed by atoms with van der Waals surface area (Å²) < 4.78 is 0. The number of rotatable bonds is 8. The lowest BCUT2D eigenvalue weighted by Crippen LogP contribution is -2.35. The molecule has 0 aliphatic rings. The van der Waals surface area contributed by atoms with Crippen LogP contribution in [0, 0.1) is 5.92 Å². The van der Waals surface area contributed by atoms with Gasteiger partial charge in [-0.25, -0.2) is 0 Å². The first-order chi connectivity index (χ1) is 6.76. The molecule has 84 valence electrons. The largest absolute Gasteiger partial charge is 0.355 e. The Labute approximate surface area is 87.6 Å². The van der Waals surface area contributed by atoms with Gasteiger partial charge in [0.25, 0.3) is 0 Å². The highest BCUT2D eigenvalue weighted by molar-refractivity contribution is 5.78. The van der Waals surface area contributed by atoms with Crippen molar-refractivity contribution in [3.05, 3.63) is 0 Å². The van der Waals surface area contributed by atoms with Crippen LogP contribution < -0.4 is 10.6 Å². The van der Waals surface area contributed by atoms with Crippen LogP contribution in [0.3, 0.4) is 0 Å². The third-order valence-corrected chi connectivity index (χ3v) is 2.38. The van der Waals surface area contributed by atoms with E-state index in [1.54, 1.807) is 0 Å². The summed E-state index contributed by atoms with van der Waals surface area (Å²) >= 11 is 0. The lowest BCUT2D eigenvalue weighted by Gasteiger charge is -2.12. The molecule has 0 atom stereocenters. The van der Waals surface area contributed by atoms with E-state index >= 15 is 0 Å². The van der Waals surface area contributed by atoms with E-state index in [1.165, 1.54) is 0 Å². The standard InChI is InChI=1S/C11H24N2O/c1-4-7-12-8-9-13-11(14)10(5-2)6-3/h10,12H,4-9H2,1-3H3,(H,13,14). The van der Waals surface area contributed by atoms with Crippen molar-refractivity contribution < 1.29 is 4.79 Å². The zero-order valence-electron chi connectivity index (χ0n) is 9.73. The van der Waals surface area contributed by atoms with Crippen molar-refractivity contribution in [1.82, 2.24) is 10.6 Å². The van der Waals surface area contributed by atoms with Crippen molar-refractivity contribution >= 4 is 5.91 Å². The number of carbonyl (C=O) groups excluding carboxylic acids is 1. The molecule has 0 unspecified atom stereocenters. The van der Waals surface area contributed by atoms with Crippen LogP contribution in [0.25, 0.3) is 0 Å². The molecule has 0 aliphatic carbocycles. The summed E-state index contributed by atoms with van der Waals surface area (Å²) in [6.07, 6.45) is 3.01. The number of hydrogen-bond donors (Lipinski definition) is 2.